The van der Waals surface area contributed by atoms with Gasteiger partial charge in [-0.25, -0.2) is 0 Å². The fourth-order valence-corrected chi connectivity index (χ4v) is 4.02. The number of carbonyl (C=O) groups excluding carboxylic acids is 2. The number of benzene rings is 4. The van der Waals surface area contributed by atoms with Crippen LogP contribution >= 0.6 is 0 Å². The molecule has 1 heterocycles. The third kappa shape index (κ3) is 1.87. The Kier molecular flexibility index (Phi) is 2.66. The number of fused-ring (bicyclic) bond motifs is 6. The Morgan fingerprint density at radius 3 is 1.89 bits per heavy atom. The highest BCUT2D eigenvalue weighted by Gasteiger charge is 2.31. The SMILES string of the molecule is O=C1c2cc3ccccc3cc2C(=O)c2cc3c4c(ccc3cc21)OCO4. The molecule has 0 saturated heterocycles. The van der Waals surface area contributed by atoms with E-state index < -0.39 is 0 Å². The van der Waals surface area contributed by atoms with Gasteiger partial charge in [-0.2, -0.15) is 0 Å². The van der Waals surface area contributed by atoms with Crippen molar-refractivity contribution in [1.82, 2.24) is 0 Å². The lowest BCUT2D eigenvalue weighted by Crippen LogP contribution is -2.21. The van der Waals surface area contributed by atoms with Gasteiger partial charge in [-0.1, -0.05) is 30.3 Å². The van der Waals surface area contributed by atoms with Crippen molar-refractivity contribution in [2.45, 2.75) is 0 Å². The van der Waals surface area contributed by atoms with Crippen LogP contribution in [0.2, 0.25) is 0 Å². The van der Waals surface area contributed by atoms with E-state index in [0.29, 0.717) is 33.8 Å². The van der Waals surface area contributed by atoms with Crippen LogP contribution in [-0.2, 0) is 0 Å². The van der Waals surface area contributed by atoms with E-state index in [0.717, 1.165) is 21.5 Å². The highest BCUT2D eigenvalue weighted by molar-refractivity contribution is 6.30. The molecule has 1 aliphatic heterocycles. The van der Waals surface area contributed by atoms with Crippen molar-refractivity contribution in [2.24, 2.45) is 0 Å². The first-order valence-electron chi connectivity index (χ1n) is 8.69. The maximum Gasteiger partial charge on any atom is 0.231 e. The highest BCUT2D eigenvalue weighted by atomic mass is 16.7. The van der Waals surface area contributed by atoms with E-state index in [-0.39, 0.29) is 18.4 Å². The molecule has 0 bridgehead atoms. The number of hydrogen-bond acceptors (Lipinski definition) is 4. The Bertz CT molecular complexity index is 1330. The summed E-state index contributed by atoms with van der Waals surface area (Å²) >= 11 is 0. The predicted octanol–water partition coefficient (Wildman–Crippen LogP) is 4.50. The second-order valence-corrected chi connectivity index (χ2v) is 6.82. The lowest BCUT2D eigenvalue weighted by Gasteiger charge is -2.19. The number of carbonyl (C=O) groups is 2. The first-order chi connectivity index (χ1) is 13.2. The van der Waals surface area contributed by atoms with Crippen LogP contribution in [0.3, 0.4) is 0 Å². The van der Waals surface area contributed by atoms with Gasteiger partial charge in [0.15, 0.2) is 23.1 Å². The predicted molar refractivity (Wildman–Crippen MR) is 101 cm³/mol. The van der Waals surface area contributed by atoms with Gasteiger partial charge in [-0.05, 0) is 46.5 Å². The van der Waals surface area contributed by atoms with E-state index in [1.54, 1.807) is 12.1 Å². The fraction of sp³-hybridized carbons (Fsp3) is 0.0435. The molecule has 1 aliphatic carbocycles. The Morgan fingerprint density at radius 2 is 1.22 bits per heavy atom. The minimum atomic E-state index is -0.135. The summed E-state index contributed by atoms with van der Waals surface area (Å²) in [6.07, 6.45) is 0. The van der Waals surface area contributed by atoms with Gasteiger partial charge in [0.2, 0.25) is 6.79 Å². The lowest BCUT2D eigenvalue weighted by atomic mass is 9.81. The topological polar surface area (TPSA) is 52.6 Å². The number of ether oxygens (including phenoxy) is 2. The first kappa shape index (κ1) is 14.5. The molecule has 4 aromatic carbocycles. The van der Waals surface area contributed by atoms with Crippen molar-refractivity contribution in [1.29, 1.82) is 0 Å². The smallest absolute Gasteiger partial charge is 0.231 e. The molecule has 0 unspecified atom stereocenters. The minimum Gasteiger partial charge on any atom is -0.454 e. The summed E-state index contributed by atoms with van der Waals surface area (Å²) in [6, 6.07) is 18.6. The molecule has 0 amide bonds. The summed E-state index contributed by atoms with van der Waals surface area (Å²) in [5.74, 6) is 1.02. The quantitative estimate of drug-likeness (QED) is 0.412. The van der Waals surface area contributed by atoms with E-state index >= 15 is 0 Å². The van der Waals surface area contributed by atoms with Crippen LogP contribution in [0.4, 0.5) is 0 Å². The van der Waals surface area contributed by atoms with Gasteiger partial charge in [0.25, 0.3) is 0 Å². The van der Waals surface area contributed by atoms with Gasteiger partial charge in [-0.15, -0.1) is 0 Å². The Hall–Kier alpha value is -3.66. The Labute approximate surface area is 153 Å². The minimum absolute atomic E-state index is 0.120. The summed E-state index contributed by atoms with van der Waals surface area (Å²) < 4.78 is 11.0. The van der Waals surface area contributed by atoms with Crippen LogP contribution < -0.4 is 9.47 Å². The number of hydrogen-bond donors (Lipinski definition) is 0. The molecule has 2 aliphatic rings. The van der Waals surface area contributed by atoms with Crippen LogP contribution in [-0.4, -0.2) is 18.4 Å². The number of ketones is 2. The summed E-state index contributed by atoms with van der Waals surface area (Å²) in [5, 5.41) is 3.53. The molecular weight excluding hydrogens is 340 g/mol. The molecule has 0 atom stereocenters. The Balaban J connectivity index is 1.65. The van der Waals surface area contributed by atoms with E-state index in [2.05, 4.69) is 0 Å². The molecular formula is C23H12O4. The summed E-state index contributed by atoms with van der Waals surface area (Å²) in [4.78, 5) is 26.4. The maximum absolute atomic E-state index is 13.2. The third-order valence-corrected chi connectivity index (χ3v) is 5.35. The molecule has 4 heteroatoms. The van der Waals surface area contributed by atoms with Crippen molar-refractivity contribution in [3.8, 4) is 11.5 Å². The van der Waals surface area contributed by atoms with Gasteiger partial charge in [-0.3, -0.25) is 9.59 Å². The monoisotopic (exact) mass is 352 g/mol. The van der Waals surface area contributed by atoms with Crippen LogP contribution in [0.15, 0.2) is 60.7 Å². The highest BCUT2D eigenvalue weighted by Crippen LogP contribution is 2.41. The van der Waals surface area contributed by atoms with Crippen molar-refractivity contribution in [3.63, 3.8) is 0 Å². The standard InChI is InChI=1S/C23H12O4/c24-21-16-7-12-3-1-2-4-13(12)8-17(16)22(25)19-10-15-14(9-18(19)21)5-6-20-23(15)27-11-26-20/h1-10H,11H2. The zero-order valence-corrected chi connectivity index (χ0v) is 14.1. The molecule has 0 radical (unpaired) electrons. The van der Waals surface area contributed by atoms with Crippen molar-refractivity contribution in [3.05, 3.63) is 82.9 Å². The lowest BCUT2D eigenvalue weighted by molar-refractivity contribution is 0.0979. The van der Waals surface area contributed by atoms with Crippen molar-refractivity contribution in [2.75, 3.05) is 6.79 Å². The van der Waals surface area contributed by atoms with Crippen LogP contribution in [0, 0.1) is 0 Å². The third-order valence-electron chi connectivity index (χ3n) is 5.35. The molecule has 0 N–H and O–H groups in total. The molecule has 27 heavy (non-hydrogen) atoms. The maximum atomic E-state index is 13.2. The molecule has 4 aromatic rings. The first-order valence-corrected chi connectivity index (χ1v) is 8.69. The second kappa shape index (κ2) is 4.95. The normalized spacial score (nSPS) is 14.5. The molecule has 0 aromatic heterocycles. The molecule has 0 fully saturated rings. The average molecular weight is 352 g/mol. The van der Waals surface area contributed by atoms with Gasteiger partial charge in [0.05, 0.1) is 0 Å². The molecule has 0 spiro atoms. The average Bonchev–Trinajstić information content (AvgIpc) is 3.19. The van der Waals surface area contributed by atoms with Gasteiger partial charge >= 0.3 is 0 Å². The molecule has 128 valence electrons. The van der Waals surface area contributed by atoms with Crippen molar-refractivity contribution < 1.29 is 19.1 Å². The summed E-state index contributed by atoms with van der Waals surface area (Å²) in [7, 11) is 0. The van der Waals surface area contributed by atoms with Gasteiger partial charge in [0, 0.05) is 27.6 Å². The van der Waals surface area contributed by atoms with E-state index in [1.165, 1.54) is 0 Å². The Morgan fingerprint density at radius 1 is 0.630 bits per heavy atom. The summed E-state index contributed by atoms with van der Waals surface area (Å²) in [5.41, 5.74) is 1.77. The number of rotatable bonds is 0. The molecule has 4 nitrogen and oxygen atoms in total. The van der Waals surface area contributed by atoms with Crippen LogP contribution in [0.1, 0.15) is 31.8 Å². The fourth-order valence-electron chi connectivity index (χ4n) is 4.02. The zero-order valence-electron chi connectivity index (χ0n) is 14.1. The largest absolute Gasteiger partial charge is 0.454 e. The van der Waals surface area contributed by atoms with E-state index in [1.807, 2.05) is 48.5 Å². The molecule has 0 saturated carbocycles. The zero-order chi connectivity index (χ0) is 18.1. The van der Waals surface area contributed by atoms with Gasteiger partial charge < -0.3 is 9.47 Å². The summed E-state index contributed by atoms with van der Waals surface area (Å²) in [6.45, 7) is 0.160. The second-order valence-electron chi connectivity index (χ2n) is 6.82. The van der Waals surface area contributed by atoms with Crippen molar-refractivity contribution >= 4 is 33.1 Å². The molecule has 6 rings (SSSR count). The van der Waals surface area contributed by atoms with Gasteiger partial charge in [0.1, 0.15) is 0 Å². The van der Waals surface area contributed by atoms with E-state index in [9.17, 15) is 9.59 Å². The van der Waals surface area contributed by atoms with E-state index in [4.69, 9.17) is 9.47 Å². The van der Waals surface area contributed by atoms with Crippen LogP contribution in [0.5, 0.6) is 11.5 Å². The van der Waals surface area contributed by atoms with Crippen LogP contribution in [0.25, 0.3) is 21.5 Å².